The average molecular weight is 190 g/mol. The van der Waals surface area contributed by atoms with E-state index < -0.39 is 11.9 Å². The first-order valence-electron chi connectivity index (χ1n) is 3.15. The summed E-state index contributed by atoms with van der Waals surface area (Å²) < 4.78 is 8.80. The van der Waals surface area contributed by atoms with Gasteiger partial charge in [-0.15, -0.1) is 0 Å². The predicted molar refractivity (Wildman–Crippen MR) is 51.0 cm³/mol. The van der Waals surface area contributed by atoms with E-state index in [1.54, 1.807) is 6.92 Å². The van der Waals surface area contributed by atoms with E-state index >= 15 is 0 Å². The normalized spacial score (nSPS) is 7.15. The molecule has 0 heterocycles. The summed E-state index contributed by atoms with van der Waals surface area (Å²) in [7, 11) is 0. The van der Waals surface area contributed by atoms with E-state index in [1.165, 1.54) is 0 Å². The predicted octanol–water partition coefficient (Wildman–Crippen LogP) is 1.90. The third-order valence-corrected chi connectivity index (χ3v) is 0.876. The summed E-state index contributed by atoms with van der Waals surface area (Å²) in [6, 6.07) is 0. The second kappa shape index (κ2) is 10.7. The van der Waals surface area contributed by atoms with Gasteiger partial charge in [0.2, 0.25) is 6.79 Å². The third-order valence-electron chi connectivity index (χ3n) is 0.876. The summed E-state index contributed by atoms with van der Waals surface area (Å²) in [4.78, 5) is 20.8. The van der Waals surface area contributed by atoms with Crippen LogP contribution in [0.3, 0.4) is 0 Å². The fourth-order valence-corrected chi connectivity index (χ4v) is 0.314. The number of carbonyl (C=O) groups excluding carboxylic acids is 2. The van der Waals surface area contributed by atoms with Crippen LogP contribution in [0, 0.1) is 0 Å². The minimum Gasteiger partial charge on any atom is -0.428 e. The fraction of sp³-hybridized carbons (Fsp3) is 0.556. The number of esters is 2. The van der Waals surface area contributed by atoms with E-state index in [1.807, 2.05) is 0 Å². The van der Waals surface area contributed by atoms with E-state index in [9.17, 15) is 9.59 Å². The molecule has 0 aromatic rings. The number of carbonyl (C=O) groups is 2. The Balaban J connectivity index is -0.000000500. The Hall–Kier alpha value is -1.32. The molecule has 0 amide bonds. The Morgan fingerprint density at radius 3 is 2.23 bits per heavy atom. The van der Waals surface area contributed by atoms with Crippen molar-refractivity contribution in [2.45, 2.75) is 28.2 Å². The molecule has 0 N–H and O–H groups in total. The summed E-state index contributed by atoms with van der Waals surface area (Å²) in [6.45, 7) is 4.48. The van der Waals surface area contributed by atoms with Crippen molar-refractivity contribution >= 4 is 11.9 Å². The molecular formula is C9H18O4. The average Bonchev–Trinajstić information content (AvgIpc) is 2.04. The van der Waals surface area contributed by atoms with Gasteiger partial charge in [0.25, 0.3) is 0 Å². The maximum atomic E-state index is 10.4. The zero-order valence-electron chi connectivity index (χ0n) is 6.33. The maximum Gasteiger partial charge on any atom is 0.333 e. The first-order chi connectivity index (χ1) is 5.20. The fourth-order valence-electron chi connectivity index (χ4n) is 0.314. The molecule has 0 aromatic heterocycles. The van der Waals surface area contributed by atoms with Crippen LogP contribution in [0.1, 0.15) is 28.2 Å². The van der Waals surface area contributed by atoms with E-state index in [0.29, 0.717) is 0 Å². The molecule has 0 aromatic carbocycles. The van der Waals surface area contributed by atoms with Crippen LogP contribution in [0.4, 0.5) is 0 Å². The van der Waals surface area contributed by atoms with Crippen molar-refractivity contribution in [1.29, 1.82) is 0 Å². The summed E-state index contributed by atoms with van der Waals surface area (Å²) in [5.74, 6) is -1.00. The van der Waals surface area contributed by atoms with Crippen LogP contribution in [-0.2, 0) is 19.1 Å². The number of rotatable bonds is 4. The topological polar surface area (TPSA) is 52.6 Å². The van der Waals surface area contributed by atoms with Crippen LogP contribution in [0.2, 0.25) is 0 Å². The zero-order chi connectivity index (χ0) is 8.69. The van der Waals surface area contributed by atoms with Gasteiger partial charge in [0.15, 0.2) is 0 Å². The highest BCUT2D eigenvalue weighted by Crippen LogP contribution is 1.86. The van der Waals surface area contributed by atoms with Crippen molar-refractivity contribution < 1.29 is 19.1 Å². The number of hydrogen-bond donors (Lipinski definition) is 0. The van der Waals surface area contributed by atoms with Crippen molar-refractivity contribution in [2.24, 2.45) is 0 Å². The lowest BCUT2D eigenvalue weighted by Crippen LogP contribution is -2.09. The Labute approximate surface area is 79.5 Å². The first-order valence-corrected chi connectivity index (χ1v) is 3.15. The highest BCUT2D eigenvalue weighted by molar-refractivity contribution is 5.81. The van der Waals surface area contributed by atoms with Gasteiger partial charge in [0.1, 0.15) is 0 Å². The van der Waals surface area contributed by atoms with Gasteiger partial charge in [-0.05, 0) is 0 Å². The summed E-state index contributed by atoms with van der Waals surface area (Å²) in [5.41, 5.74) is 0. The van der Waals surface area contributed by atoms with E-state index in [-0.39, 0.29) is 28.1 Å². The lowest BCUT2D eigenvalue weighted by molar-refractivity contribution is -0.163. The van der Waals surface area contributed by atoms with Crippen molar-refractivity contribution in [3.8, 4) is 0 Å². The third kappa shape index (κ3) is 10.7. The Kier molecular flexibility index (Phi) is 14.5. The van der Waals surface area contributed by atoms with Gasteiger partial charge in [-0.2, -0.15) is 0 Å². The molecule has 4 heteroatoms. The van der Waals surface area contributed by atoms with Gasteiger partial charge in [0.05, 0.1) is 0 Å². The molecule has 0 fully saturated rings. The molecule has 0 atom stereocenters. The summed E-state index contributed by atoms with van der Waals surface area (Å²) >= 11 is 0. The molecule has 13 heavy (non-hydrogen) atoms. The van der Waals surface area contributed by atoms with E-state index in [0.717, 1.165) is 6.08 Å². The minimum atomic E-state index is -0.603. The van der Waals surface area contributed by atoms with Gasteiger partial charge in [-0.1, -0.05) is 28.4 Å². The van der Waals surface area contributed by atoms with Gasteiger partial charge in [-0.3, -0.25) is 4.79 Å². The molecule has 0 aliphatic heterocycles. The molecule has 0 aliphatic rings. The number of ether oxygens (including phenoxy) is 2. The van der Waals surface area contributed by atoms with Crippen LogP contribution < -0.4 is 0 Å². The largest absolute Gasteiger partial charge is 0.428 e. The second-order valence-corrected chi connectivity index (χ2v) is 1.66. The molecule has 0 saturated heterocycles. The standard InChI is InChI=1S/C7H10O4.2CH4/c1-3-6(8)10-5-11-7(9)4-2;;/h3H,1,4-5H2,2H3;2*1H4. The molecule has 0 spiro atoms. The van der Waals surface area contributed by atoms with Crippen molar-refractivity contribution in [1.82, 2.24) is 0 Å². The molecule has 0 bridgehead atoms. The summed E-state index contributed by atoms with van der Waals surface area (Å²) in [6.07, 6.45) is 1.27. The molecule has 0 aliphatic carbocycles. The van der Waals surface area contributed by atoms with Gasteiger partial charge >= 0.3 is 11.9 Å². The molecule has 0 radical (unpaired) electrons. The van der Waals surface area contributed by atoms with E-state index in [4.69, 9.17) is 0 Å². The lowest BCUT2D eigenvalue weighted by Gasteiger charge is -2.01. The highest BCUT2D eigenvalue weighted by Gasteiger charge is 1.99. The summed E-state index contributed by atoms with van der Waals surface area (Å²) in [5, 5.41) is 0. The van der Waals surface area contributed by atoms with Crippen molar-refractivity contribution in [3.63, 3.8) is 0 Å². The minimum absolute atomic E-state index is 0. The molecule has 0 rings (SSSR count). The van der Waals surface area contributed by atoms with Gasteiger partial charge < -0.3 is 9.47 Å². The zero-order valence-corrected chi connectivity index (χ0v) is 6.33. The number of hydrogen-bond acceptors (Lipinski definition) is 4. The van der Waals surface area contributed by atoms with Crippen molar-refractivity contribution in [3.05, 3.63) is 12.7 Å². The SMILES string of the molecule is C.C.C=CC(=O)OCOC(=O)CC. The van der Waals surface area contributed by atoms with Crippen LogP contribution in [0.15, 0.2) is 12.7 Å². The molecule has 4 nitrogen and oxygen atoms in total. The molecule has 0 saturated carbocycles. The second-order valence-electron chi connectivity index (χ2n) is 1.66. The van der Waals surface area contributed by atoms with Crippen molar-refractivity contribution in [2.75, 3.05) is 6.79 Å². The smallest absolute Gasteiger partial charge is 0.333 e. The van der Waals surface area contributed by atoms with Gasteiger partial charge in [-0.25, -0.2) is 4.79 Å². The molecule has 78 valence electrons. The molecular weight excluding hydrogens is 172 g/mol. The van der Waals surface area contributed by atoms with Crippen LogP contribution >= 0.6 is 0 Å². The van der Waals surface area contributed by atoms with E-state index in [2.05, 4.69) is 16.1 Å². The maximum absolute atomic E-state index is 10.4. The quantitative estimate of drug-likeness (QED) is 0.386. The van der Waals surface area contributed by atoms with Crippen LogP contribution in [0.5, 0.6) is 0 Å². The Bertz CT molecular complexity index is 163. The first kappa shape index (κ1) is 17.7. The van der Waals surface area contributed by atoms with Crippen LogP contribution in [0.25, 0.3) is 0 Å². The Morgan fingerprint density at radius 1 is 1.31 bits per heavy atom. The highest BCUT2D eigenvalue weighted by atomic mass is 16.7. The lowest BCUT2D eigenvalue weighted by atomic mass is 10.5. The monoisotopic (exact) mass is 190 g/mol. The Morgan fingerprint density at radius 2 is 1.85 bits per heavy atom. The van der Waals surface area contributed by atoms with Crippen LogP contribution in [-0.4, -0.2) is 18.7 Å². The molecule has 0 unspecified atom stereocenters. The van der Waals surface area contributed by atoms with Gasteiger partial charge in [0, 0.05) is 12.5 Å².